The van der Waals surface area contributed by atoms with Gasteiger partial charge < -0.3 is 14.8 Å². The first-order valence-electron chi connectivity index (χ1n) is 8.40. The number of imidazole rings is 1. The number of phenolic OH excluding ortho intramolecular Hbond substituents is 1. The van der Waals surface area contributed by atoms with Crippen molar-refractivity contribution in [3.63, 3.8) is 0 Å². The zero-order valence-electron chi connectivity index (χ0n) is 14.2. The molecule has 4 aromatic rings. The lowest BCUT2D eigenvalue weighted by Crippen LogP contribution is -2.16. The number of nitrogens with zero attached hydrogens (tertiary/aromatic N) is 2. The summed E-state index contributed by atoms with van der Waals surface area (Å²) in [6.45, 7) is -0.133. The first kappa shape index (κ1) is 17.9. The van der Waals surface area contributed by atoms with Crippen molar-refractivity contribution in [2.75, 3.05) is 6.61 Å². The Bertz CT molecular complexity index is 1110. The van der Waals surface area contributed by atoms with Gasteiger partial charge in [-0.25, -0.2) is 4.98 Å². The first-order valence-corrected chi connectivity index (χ1v) is 9.16. The fourth-order valence-corrected chi connectivity index (χ4v) is 3.61. The van der Waals surface area contributed by atoms with Crippen LogP contribution in [-0.2, 0) is 0 Å². The molecule has 0 spiro atoms. The Kier molecular flexibility index (Phi) is 4.79. The molecule has 0 saturated carbocycles. The molecule has 4 rings (SSSR count). The Morgan fingerprint density at radius 2 is 1.63 bits per heavy atom. The zero-order valence-corrected chi connectivity index (χ0v) is 15.7. The Balaban J connectivity index is 2.04. The minimum atomic E-state index is -0.384. The van der Waals surface area contributed by atoms with E-state index in [1.54, 1.807) is 24.3 Å². The van der Waals surface area contributed by atoms with Gasteiger partial charge in [0.05, 0.1) is 29.2 Å². The molecule has 0 fully saturated rings. The molecule has 0 radical (unpaired) electrons. The second-order valence-corrected chi connectivity index (χ2v) is 7.08. The fourth-order valence-electron chi connectivity index (χ4n) is 3.28. The standard InChI is InChI=1S/C21H16Cl2N2O2/c22-14-7-9-20(27)16(10-14)21-24-17-11-15(23)6-8-18(17)25(21)19(12-26)13-4-2-1-3-5-13/h1-11,19,26-27H,12H2/t19-/m0/s1. The molecule has 0 bridgehead atoms. The molecule has 0 amide bonds. The van der Waals surface area contributed by atoms with E-state index < -0.39 is 0 Å². The highest BCUT2D eigenvalue weighted by Crippen LogP contribution is 2.37. The largest absolute Gasteiger partial charge is 0.507 e. The quantitative estimate of drug-likeness (QED) is 0.490. The van der Waals surface area contributed by atoms with Crippen molar-refractivity contribution in [1.29, 1.82) is 0 Å². The summed E-state index contributed by atoms with van der Waals surface area (Å²) in [7, 11) is 0. The predicted molar refractivity (Wildman–Crippen MR) is 109 cm³/mol. The van der Waals surface area contributed by atoms with Crippen LogP contribution >= 0.6 is 23.2 Å². The van der Waals surface area contributed by atoms with Gasteiger partial charge in [-0.3, -0.25) is 0 Å². The molecular weight excluding hydrogens is 383 g/mol. The molecule has 2 N–H and O–H groups in total. The summed E-state index contributed by atoms with van der Waals surface area (Å²) in [4.78, 5) is 4.69. The van der Waals surface area contributed by atoms with Crippen LogP contribution in [0.15, 0.2) is 66.7 Å². The van der Waals surface area contributed by atoms with Crippen molar-refractivity contribution in [2.45, 2.75) is 6.04 Å². The van der Waals surface area contributed by atoms with E-state index in [1.807, 2.05) is 41.0 Å². The lowest BCUT2D eigenvalue weighted by Gasteiger charge is -2.21. The molecule has 136 valence electrons. The number of aromatic nitrogens is 2. The van der Waals surface area contributed by atoms with Crippen LogP contribution in [0.5, 0.6) is 5.75 Å². The SMILES string of the molecule is OC[C@@H](c1ccccc1)n1c(-c2cc(Cl)ccc2O)nc2cc(Cl)ccc21. The number of halogens is 2. The van der Waals surface area contributed by atoms with Crippen LogP contribution in [0.25, 0.3) is 22.4 Å². The molecular formula is C21H16Cl2N2O2. The number of phenols is 1. The highest BCUT2D eigenvalue weighted by atomic mass is 35.5. The molecule has 0 aliphatic carbocycles. The number of rotatable bonds is 4. The van der Waals surface area contributed by atoms with E-state index in [4.69, 9.17) is 23.2 Å². The van der Waals surface area contributed by atoms with E-state index in [0.29, 0.717) is 26.9 Å². The van der Waals surface area contributed by atoms with Crippen LogP contribution in [0.3, 0.4) is 0 Å². The van der Waals surface area contributed by atoms with Crippen molar-refractivity contribution < 1.29 is 10.2 Å². The molecule has 1 atom stereocenters. The second-order valence-electron chi connectivity index (χ2n) is 6.21. The average molecular weight is 399 g/mol. The number of benzene rings is 3. The average Bonchev–Trinajstić information content (AvgIpc) is 3.03. The summed E-state index contributed by atoms with van der Waals surface area (Å²) in [5.41, 5.74) is 2.89. The van der Waals surface area contributed by atoms with Crippen LogP contribution in [0.4, 0.5) is 0 Å². The summed E-state index contributed by atoms with van der Waals surface area (Å²) >= 11 is 12.3. The molecule has 0 saturated heterocycles. The maximum Gasteiger partial charge on any atom is 0.145 e. The lowest BCUT2D eigenvalue weighted by atomic mass is 10.1. The summed E-state index contributed by atoms with van der Waals surface area (Å²) in [5, 5.41) is 21.7. The third-order valence-corrected chi connectivity index (χ3v) is 4.99. The number of aliphatic hydroxyl groups is 1. The van der Waals surface area contributed by atoms with Crippen molar-refractivity contribution >= 4 is 34.2 Å². The number of hydrogen-bond acceptors (Lipinski definition) is 3. The Morgan fingerprint density at radius 1 is 0.926 bits per heavy atom. The van der Waals surface area contributed by atoms with Crippen LogP contribution in [0.1, 0.15) is 11.6 Å². The van der Waals surface area contributed by atoms with Gasteiger partial charge in [0.1, 0.15) is 11.6 Å². The Labute approximate surface area is 166 Å². The first-order chi connectivity index (χ1) is 13.1. The molecule has 27 heavy (non-hydrogen) atoms. The number of aliphatic hydroxyl groups excluding tert-OH is 1. The Morgan fingerprint density at radius 3 is 2.37 bits per heavy atom. The van der Waals surface area contributed by atoms with E-state index in [0.717, 1.165) is 11.1 Å². The summed E-state index contributed by atoms with van der Waals surface area (Å²) in [6, 6.07) is 19.5. The van der Waals surface area contributed by atoms with E-state index in [-0.39, 0.29) is 18.4 Å². The van der Waals surface area contributed by atoms with E-state index in [2.05, 4.69) is 4.98 Å². The van der Waals surface area contributed by atoms with Crippen LogP contribution < -0.4 is 0 Å². The van der Waals surface area contributed by atoms with Crippen LogP contribution in [0, 0.1) is 0 Å². The summed E-state index contributed by atoms with van der Waals surface area (Å²) < 4.78 is 1.91. The minimum Gasteiger partial charge on any atom is -0.507 e. The molecule has 0 aliphatic rings. The van der Waals surface area contributed by atoms with Crippen molar-refractivity contribution in [3.05, 3.63) is 82.3 Å². The topological polar surface area (TPSA) is 58.3 Å². The van der Waals surface area contributed by atoms with Gasteiger partial charge in [0.2, 0.25) is 0 Å². The van der Waals surface area contributed by atoms with Gasteiger partial charge in [0.15, 0.2) is 0 Å². The lowest BCUT2D eigenvalue weighted by molar-refractivity contribution is 0.252. The maximum atomic E-state index is 10.4. The second kappa shape index (κ2) is 7.24. The van der Waals surface area contributed by atoms with Gasteiger partial charge in [-0.1, -0.05) is 53.5 Å². The number of aromatic hydroxyl groups is 1. The van der Waals surface area contributed by atoms with Gasteiger partial charge in [-0.15, -0.1) is 0 Å². The van der Waals surface area contributed by atoms with Gasteiger partial charge >= 0.3 is 0 Å². The summed E-state index contributed by atoms with van der Waals surface area (Å²) in [5.74, 6) is 0.571. The van der Waals surface area contributed by atoms with Crippen molar-refractivity contribution in [2.24, 2.45) is 0 Å². The molecule has 0 unspecified atom stereocenters. The third kappa shape index (κ3) is 3.28. The normalized spacial score (nSPS) is 12.4. The molecule has 6 heteroatoms. The van der Waals surface area contributed by atoms with E-state index in [9.17, 15) is 10.2 Å². The monoisotopic (exact) mass is 398 g/mol. The molecule has 3 aromatic carbocycles. The maximum absolute atomic E-state index is 10.4. The van der Waals surface area contributed by atoms with Crippen LogP contribution in [-0.4, -0.2) is 26.4 Å². The van der Waals surface area contributed by atoms with Gasteiger partial charge in [-0.2, -0.15) is 0 Å². The molecule has 4 nitrogen and oxygen atoms in total. The Hall–Kier alpha value is -2.53. The highest BCUT2D eigenvalue weighted by molar-refractivity contribution is 6.31. The van der Waals surface area contributed by atoms with Crippen molar-refractivity contribution in [1.82, 2.24) is 9.55 Å². The smallest absolute Gasteiger partial charge is 0.145 e. The van der Waals surface area contributed by atoms with Gasteiger partial charge in [0.25, 0.3) is 0 Å². The number of hydrogen-bond donors (Lipinski definition) is 2. The zero-order chi connectivity index (χ0) is 19.0. The predicted octanol–water partition coefficient (Wildman–Crippen LogP) is 5.30. The number of fused-ring (bicyclic) bond motifs is 1. The molecule has 1 heterocycles. The van der Waals surface area contributed by atoms with Gasteiger partial charge in [0, 0.05) is 10.0 Å². The molecule has 0 aliphatic heterocycles. The molecule has 1 aromatic heterocycles. The minimum absolute atomic E-state index is 0.0619. The highest BCUT2D eigenvalue weighted by Gasteiger charge is 2.23. The summed E-state index contributed by atoms with van der Waals surface area (Å²) in [6.07, 6.45) is 0. The van der Waals surface area contributed by atoms with Crippen LogP contribution in [0.2, 0.25) is 10.0 Å². The third-order valence-electron chi connectivity index (χ3n) is 4.52. The van der Waals surface area contributed by atoms with E-state index in [1.165, 1.54) is 6.07 Å². The van der Waals surface area contributed by atoms with Gasteiger partial charge in [-0.05, 0) is 42.0 Å². The van der Waals surface area contributed by atoms with Crippen molar-refractivity contribution in [3.8, 4) is 17.1 Å². The van der Waals surface area contributed by atoms with E-state index >= 15 is 0 Å². The fraction of sp³-hybridized carbons (Fsp3) is 0.0952.